The average molecular weight is 467 g/mol. The quantitative estimate of drug-likeness (QED) is 0.619. The van der Waals surface area contributed by atoms with Gasteiger partial charge in [-0.05, 0) is 37.1 Å². The zero-order valence-corrected chi connectivity index (χ0v) is 18.4. The number of hydrogen-bond donors (Lipinski definition) is 1. The van der Waals surface area contributed by atoms with E-state index in [0.717, 1.165) is 6.42 Å². The lowest BCUT2D eigenvalue weighted by molar-refractivity contribution is 0.102. The summed E-state index contributed by atoms with van der Waals surface area (Å²) >= 11 is 7.03. The fraction of sp³-hybridized carbons (Fsp3) is 0.333. The molecule has 1 atom stereocenters. The van der Waals surface area contributed by atoms with Crippen molar-refractivity contribution in [3.05, 3.63) is 51.8 Å². The van der Waals surface area contributed by atoms with Gasteiger partial charge >= 0.3 is 0 Å². The number of sulfonamides is 1. The lowest BCUT2D eigenvalue weighted by Crippen LogP contribution is -2.39. The van der Waals surface area contributed by atoms with Crippen molar-refractivity contribution >= 4 is 44.6 Å². The number of halogens is 1. The number of amides is 1. The number of rotatable bonds is 5. The van der Waals surface area contributed by atoms with Crippen LogP contribution < -0.4 is 5.32 Å². The fourth-order valence-electron chi connectivity index (χ4n) is 3.23. The summed E-state index contributed by atoms with van der Waals surface area (Å²) in [6.07, 6.45) is 4.43. The smallest absolute Gasteiger partial charge is 0.286 e. The highest BCUT2D eigenvalue weighted by molar-refractivity contribution is 7.89. The minimum Gasteiger partial charge on any atom is -0.339 e. The Morgan fingerprint density at radius 1 is 1.27 bits per heavy atom. The number of aromatic nitrogens is 4. The highest BCUT2D eigenvalue weighted by atomic mass is 35.5. The molecule has 0 aliphatic carbocycles. The predicted octanol–water partition coefficient (Wildman–Crippen LogP) is 2.75. The fourth-order valence-corrected chi connectivity index (χ4v) is 5.71. The molecule has 0 radical (unpaired) electrons. The largest absolute Gasteiger partial charge is 0.339 e. The standard InChI is InChI=1S/C18H19ClN6O3S2/c1-24-10-15(20-11-24)30(27,28)25-8-2-3-12(9-25)17-22-23-18(29-17)16(26)21-14-6-4-13(19)5-7-14/h4-7,10-12H,2-3,8-9H2,1H3,(H,21,26)/t12-/m0/s1. The van der Waals surface area contributed by atoms with Crippen LogP contribution in [0.15, 0.2) is 41.8 Å². The maximum atomic E-state index is 12.9. The second-order valence-corrected chi connectivity index (χ2v) is 10.3. The molecule has 3 heterocycles. The normalized spacial score (nSPS) is 17.7. The summed E-state index contributed by atoms with van der Waals surface area (Å²) < 4.78 is 28.8. The number of imidazole rings is 1. The third kappa shape index (κ3) is 4.38. The van der Waals surface area contributed by atoms with Crippen LogP contribution in [0.3, 0.4) is 0 Å². The van der Waals surface area contributed by atoms with E-state index in [2.05, 4.69) is 20.5 Å². The first-order valence-corrected chi connectivity index (χ1v) is 11.8. The van der Waals surface area contributed by atoms with Crippen LogP contribution in [0.5, 0.6) is 0 Å². The molecule has 0 saturated carbocycles. The van der Waals surface area contributed by atoms with Crippen molar-refractivity contribution in [3.63, 3.8) is 0 Å². The number of anilines is 1. The van der Waals surface area contributed by atoms with Gasteiger partial charge in [-0.3, -0.25) is 4.79 Å². The van der Waals surface area contributed by atoms with E-state index in [1.54, 1.807) is 35.9 Å². The van der Waals surface area contributed by atoms with Crippen molar-refractivity contribution in [3.8, 4) is 0 Å². The lowest BCUT2D eigenvalue weighted by atomic mass is 10.0. The van der Waals surface area contributed by atoms with Gasteiger partial charge in [-0.1, -0.05) is 22.9 Å². The number of carbonyl (C=O) groups excluding carboxylic acids is 1. The summed E-state index contributed by atoms with van der Waals surface area (Å²) in [7, 11) is -1.94. The van der Waals surface area contributed by atoms with Crippen LogP contribution in [0.1, 0.15) is 33.6 Å². The van der Waals surface area contributed by atoms with Crippen LogP contribution in [0.2, 0.25) is 5.02 Å². The number of benzene rings is 1. The molecular formula is C18H19ClN6O3S2. The van der Waals surface area contributed by atoms with E-state index in [-0.39, 0.29) is 28.4 Å². The van der Waals surface area contributed by atoms with Gasteiger partial charge < -0.3 is 9.88 Å². The van der Waals surface area contributed by atoms with Crippen molar-refractivity contribution in [1.29, 1.82) is 0 Å². The first kappa shape index (κ1) is 20.9. The third-order valence-electron chi connectivity index (χ3n) is 4.76. The zero-order chi connectivity index (χ0) is 21.3. The molecule has 30 heavy (non-hydrogen) atoms. The van der Waals surface area contributed by atoms with Gasteiger partial charge in [0, 0.05) is 43.0 Å². The van der Waals surface area contributed by atoms with Crippen molar-refractivity contribution in [2.24, 2.45) is 7.05 Å². The Hall–Kier alpha value is -2.34. The topological polar surface area (TPSA) is 110 Å². The van der Waals surface area contributed by atoms with Crippen molar-refractivity contribution in [1.82, 2.24) is 24.1 Å². The highest BCUT2D eigenvalue weighted by Gasteiger charge is 2.34. The molecule has 0 spiro atoms. The van der Waals surface area contributed by atoms with E-state index < -0.39 is 10.0 Å². The van der Waals surface area contributed by atoms with Crippen molar-refractivity contribution in [2.75, 3.05) is 18.4 Å². The van der Waals surface area contributed by atoms with Crippen molar-refractivity contribution < 1.29 is 13.2 Å². The Bertz CT molecular complexity index is 1160. The molecule has 1 aromatic carbocycles. The van der Waals surface area contributed by atoms with Crippen LogP contribution >= 0.6 is 22.9 Å². The number of nitrogens with one attached hydrogen (secondary N) is 1. The molecule has 0 unspecified atom stereocenters. The molecule has 0 bridgehead atoms. The summed E-state index contributed by atoms with van der Waals surface area (Å²) in [5.41, 5.74) is 0.603. The Morgan fingerprint density at radius 3 is 2.73 bits per heavy atom. The minimum absolute atomic E-state index is 0.0333. The Labute approximate surface area is 182 Å². The molecule has 9 nitrogen and oxygen atoms in total. The van der Waals surface area contributed by atoms with Crippen LogP contribution in [0.25, 0.3) is 0 Å². The molecule has 4 rings (SSSR count). The van der Waals surface area contributed by atoms with Gasteiger partial charge in [0.15, 0.2) is 5.03 Å². The Kier molecular flexibility index (Phi) is 5.87. The number of piperidine rings is 1. The number of nitrogens with zero attached hydrogens (tertiary/aromatic N) is 5. The molecule has 1 N–H and O–H groups in total. The number of aryl methyl sites for hydroxylation is 1. The second-order valence-electron chi connectivity index (χ2n) is 6.99. The molecule has 158 valence electrons. The van der Waals surface area contributed by atoms with Gasteiger partial charge in [-0.2, -0.15) is 4.31 Å². The Morgan fingerprint density at radius 2 is 2.03 bits per heavy atom. The summed E-state index contributed by atoms with van der Waals surface area (Å²) in [6, 6.07) is 6.76. The Balaban J connectivity index is 1.46. The molecule has 12 heteroatoms. The molecule has 3 aromatic rings. The molecule has 1 saturated heterocycles. The van der Waals surface area contributed by atoms with Gasteiger partial charge in [0.25, 0.3) is 15.9 Å². The molecule has 2 aromatic heterocycles. The van der Waals surface area contributed by atoms with Crippen LogP contribution in [-0.2, 0) is 17.1 Å². The summed E-state index contributed by atoms with van der Waals surface area (Å²) in [6.45, 7) is 0.713. The maximum absolute atomic E-state index is 12.9. The van der Waals surface area contributed by atoms with E-state index in [1.165, 1.54) is 28.2 Å². The van der Waals surface area contributed by atoms with Crippen molar-refractivity contribution in [2.45, 2.75) is 23.8 Å². The summed E-state index contributed by atoms with van der Waals surface area (Å²) in [5.74, 6) is -0.485. The molecule has 1 aliphatic heterocycles. The summed E-state index contributed by atoms with van der Waals surface area (Å²) in [4.78, 5) is 16.4. The molecule has 1 aliphatic rings. The predicted molar refractivity (Wildman–Crippen MR) is 113 cm³/mol. The molecular weight excluding hydrogens is 448 g/mol. The average Bonchev–Trinajstić information content (AvgIpc) is 3.40. The van der Waals surface area contributed by atoms with Crippen LogP contribution in [0, 0.1) is 0 Å². The molecule has 1 fully saturated rings. The molecule has 1 amide bonds. The number of hydrogen-bond acceptors (Lipinski definition) is 7. The van der Waals surface area contributed by atoms with Gasteiger partial charge in [-0.25, -0.2) is 13.4 Å². The van der Waals surface area contributed by atoms with Gasteiger partial charge in [0.05, 0.1) is 6.33 Å². The van der Waals surface area contributed by atoms with E-state index in [0.29, 0.717) is 28.7 Å². The first-order chi connectivity index (χ1) is 14.3. The lowest BCUT2D eigenvalue weighted by Gasteiger charge is -2.30. The minimum atomic E-state index is -3.67. The van der Waals surface area contributed by atoms with Crippen LogP contribution in [0.4, 0.5) is 5.69 Å². The van der Waals surface area contributed by atoms with E-state index in [1.807, 2.05) is 0 Å². The monoisotopic (exact) mass is 466 g/mol. The van der Waals surface area contributed by atoms with Gasteiger partial charge in [0.2, 0.25) is 5.01 Å². The van der Waals surface area contributed by atoms with Gasteiger partial charge in [0.1, 0.15) is 5.01 Å². The van der Waals surface area contributed by atoms with Crippen LogP contribution in [-0.4, -0.2) is 51.5 Å². The van der Waals surface area contributed by atoms with E-state index in [9.17, 15) is 13.2 Å². The first-order valence-electron chi connectivity index (χ1n) is 9.21. The number of carbonyl (C=O) groups is 1. The van der Waals surface area contributed by atoms with E-state index >= 15 is 0 Å². The summed E-state index contributed by atoms with van der Waals surface area (Å²) in [5, 5.41) is 12.4. The SMILES string of the molecule is Cn1cnc(S(=O)(=O)N2CCC[C@H](c3nnc(C(=O)Nc4ccc(Cl)cc4)s3)C2)c1. The van der Waals surface area contributed by atoms with E-state index in [4.69, 9.17) is 11.6 Å². The van der Waals surface area contributed by atoms with Gasteiger partial charge in [-0.15, -0.1) is 10.2 Å². The second kappa shape index (κ2) is 8.42. The maximum Gasteiger partial charge on any atom is 0.286 e. The highest BCUT2D eigenvalue weighted by Crippen LogP contribution is 2.31. The zero-order valence-electron chi connectivity index (χ0n) is 16.0. The third-order valence-corrected chi connectivity index (χ3v) is 7.84.